The van der Waals surface area contributed by atoms with Crippen LogP contribution in [0.4, 0.5) is 5.13 Å². The molecule has 1 atom stereocenters. The third-order valence-corrected chi connectivity index (χ3v) is 7.02. The molecule has 30 heavy (non-hydrogen) atoms. The third-order valence-electron chi connectivity index (χ3n) is 5.92. The van der Waals surface area contributed by atoms with Crippen molar-refractivity contribution in [3.8, 4) is 0 Å². The molecule has 0 amide bonds. The lowest BCUT2D eigenvalue weighted by Gasteiger charge is -2.32. The van der Waals surface area contributed by atoms with Gasteiger partial charge in [0, 0.05) is 38.0 Å². The van der Waals surface area contributed by atoms with Crippen LogP contribution < -0.4 is 4.90 Å². The first-order chi connectivity index (χ1) is 14.6. The van der Waals surface area contributed by atoms with Crippen molar-refractivity contribution >= 4 is 33.2 Å². The van der Waals surface area contributed by atoms with Crippen LogP contribution in [0.1, 0.15) is 48.0 Å². The molecular weight excluding hydrogens is 396 g/mol. The van der Waals surface area contributed by atoms with Gasteiger partial charge in [-0.05, 0) is 37.9 Å². The quantitative estimate of drug-likeness (QED) is 0.464. The number of para-hydroxylation sites is 1. The maximum Gasteiger partial charge on any atom is 0.186 e. The van der Waals surface area contributed by atoms with E-state index in [4.69, 9.17) is 4.52 Å². The van der Waals surface area contributed by atoms with Gasteiger partial charge in [0.1, 0.15) is 0 Å². The number of aromatic nitrogens is 2. The van der Waals surface area contributed by atoms with E-state index in [2.05, 4.69) is 33.9 Å². The van der Waals surface area contributed by atoms with Crippen LogP contribution in [0, 0.1) is 5.92 Å². The van der Waals surface area contributed by atoms with Gasteiger partial charge in [0.25, 0.3) is 0 Å². The van der Waals surface area contributed by atoms with Crippen molar-refractivity contribution in [2.75, 3.05) is 38.1 Å². The zero-order valence-corrected chi connectivity index (χ0v) is 18.7. The summed E-state index contributed by atoms with van der Waals surface area (Å²) >= 11 is 1.54. The molecule has 0 spiro atoms. The van der Waals surface area contributed by atoms with Crippen LogP contribution in [0.5, 0.6) is 0 Å². The van der Waals surface area contributed by atoms with E-state index >= 15 is 0 Å². The Labute approximate surface area is 181 Å². The molecule has 7 heteroatoms. The number of nitrogens with zero attached hydrogens (tertiary/aromatic N) is 4. The molecule has 3 aromatic rings. The van der Waals surface area contributed by atoms with Gasteiger partial charge in [-0.3, -0.25) is 4.79 Å². The first-order valence-corrected chi connectivity index (χ1v) is 11.7. The number of piperazine rings is 1. The maximum absolute atomic E-state index is 13.1. The molecule has 160 valence electrons. The molecule has 4 rings (SSSR count). The van der Waals surface area contributed by atoms with Crippen molar-refractivity contribution in [3.63, 3.8) is 0 Å². The van der Waals surface area contributed by atoms with Crippen LogP contribution in [0.25, 0.3) is 11.0 Å². The van der Waals surface area contributed by atoms with Crippen LogP contribution in [0.3, 0.4) is 0 Å². The van der Waals surface area contributed by atoms with Crippen LogP contribution in [-0.4, -0.2) is 54.1 Å². The number of carbonyl (C=O) groups excluding carboxylic acids is 1. The summed E-state index contributed by atoms with van der Waals surface area (Å²) < 4.78 is 5.47. The van der Waals surface area contributed by atoms with Crippen LogP contribution in [0.15, 0.2) is 35.0 Å². The minimum atomic E-state index is 0.196. The second-order valence-electron chi connectivity index (χ2n) is 8.26. The molecule has 1 saturated heterocycles. The molecular formula is C23H30N4O2S. The highest BCUT2D eigenvalue weighted by atomic mass is 32.1. The minimum absolute atomic E-state index is 0.196. The highest BCUT2D eigenvalue weighted by Gasteiger charge is 2.22. The summed E-state index contributed by atoms with van der Waals surface area (Å²) in [6.45, 7) is 6.20. The number of carbonyl (C=O) groups is 1. The average Bonchev–Trinajstić information content (AvgIpc) is 3.40. The maximum atomic E-state index is 13.1. The molecule has 0 bridgehead atoms. The largest absolute Gasteiger partial charge is 0.356 e. The van der Waals surface area contributed by atoms with Crippen molar-refractivity contribution < 1.29 is 9.32 Å². The summed E-state index contributed by atoms with van der Waals surface area (Å²) in [4.78, 5) is 23.0. The highest BCUT2D eigenvalue weighted by molar-refractivity contribution is 7.17. The van der Waals surface area contributed by atoms with Gasteiger partial charge in [-0.25, -0.2) is 4.98 Å². The Hall–Kier alpha value is -2.25. The monoisotopic (exact) mass is 426 g/mol. The summed E-state index contributed by atoms with van der Waals surface area (Å²) in [5, 5.41) is 6.32. The van der Waals surface area contributed by atoms with Crippen LogP contribution in [-0.2, 0) is 6.42 Å². The first kappa shape index (κ1) is 21.0. The van der Waals surface area contributed by atoms with Gasteiger partial charge >= 0.3 is 0 Å². The molecule has 1 unspecified atom stereocenters. The van der Waals surface area contributed by atoms with E-state index in [1.54, 1.807) is 6.20 Å². The Bertz CT molecular complexity index is 974. The van der Waals surface area contributed by atoms with Gasteiger partial charge in [-0.2, -0.15) is 0 Å². The smallest absolute Gasteiger partial charge is 0.186 e. The van der Waals surface area contributed by atoms with E-state index in [0.717, 1.165) is 78.5 Å². The number of thiazole rings is 1. The van der Waals surface area contributed by atoms with E-state index in [-0.39, 0.29) is 11.7 Å². The number of unbranched alkanes of at least 4 members (excludes halogenated alkanes) is 1. The zero-order chi connectivity index (χ0) is 20.9. The Morgan fingerprint density at radius 1 is 1.23 bits per heavy atom. The number of hydrogen-bond acceptors (Lipinski definition) is 7. The lowest BCUT2D eigenvalue weighted by molar-refractivity contribution is 0.0961. The van der Waals surface area contributed by atoms with Crippen molar-refractivity contribution in [2.24, 2.45) is 5.92 Å². The predicted octanol–water partition coefficient (Wildman–Crippen LogP) is 4.66. The number of Topliss-reactive ketones (excluding diaryl/α,β-unsaturated/α-hetero) is 1. The number of rotatable bonds is 9. The Balaban J connectivity index is 1.43. The number of anilines is 1. The van der Waals surface area contributed by atoms with Gasteiger partial charge in [-0.1, -0.05) is 48.4 Å². The van der Waals surface area contributed by atoms with Crippen molar-refractivity contribution in [1.29, 1.82) is 0 Å². The average molecular weight is 427 g/mol. The molecule has 3 heterocycles. The highest BCUT2D eigenvalue weighted by Crippen LogP contribution is 2.29. The molecule has 0 saturated carbocycles. The Morgan fingerprint density at radius 2 is 2.03 bits per heavy atom. The van der Waals surface area contributed by atoms with Gasteiger partial charge in [-0.15, -0.1) is 0 Å². The molecule has 1 fully saturated rings. The fraction of sp³-hybridized carbons (Fsp3) is 0.522. The van der Waals surface area contributed by atoms with Gasteiger partial charge in [0.05, 0.1) is 16.8 Å². The topological polar surface area (TPSA) is 62.5 Å². The summed E-state index contributed by atoms with van der Waals surface area (Å²) in [6.07, 6.45) is 6.33. The lowest BCUT2D eigenvalue weighted by atomic mass is 9.90. The Kier molecular flexibility index (Phi) is 6.79. The second kappa shape index (κ2) is 9.71. The number of ketones is 1. The number of benzene rings is 1. The van der Waals surface area contributed by atoms with E-state index < -0.39 is 0 Å². The summed E-state index contributed by atoms with van der Waals surface area (Å²) in [5.41, 5.74) is 1.77. The van der Waals surface area contributed by atoms with Gasteiger partial charge in [0.2, 0.25) is 0 Å². The summed E-state index contributed by atoms with van der Waals surface area (Å²) in [7, 11) is 2.14. The molecule has 6 nitrogen and oxygen atoms in total. The molecule has 1 aromatic carbocycles. The molecule has 0 aliphatic carbocycles. The van der Waals surface area contributed by atoms with Crippen LogP contribution in [0.2, 0.25) is 0 Å². The van der Waals surface area contributed by atoms with Crippen LogP contribution >= 0.6 is 11.3 Å². The van der Waals surface area contributed by atoms with E-state index in [1.807, 2.05) is 24.3 Å². The van der Waals surface area contributed by atoms with E-state index in [9.17, 15) is 4.79 Å². The number of fused-ring (bicyclic) bond motifs is 1. The molecule has 0 radical (unpaired) electrons. The molecule has 1 aliphatic heterocycles. The zero-order valence-electron chi connectivity index (χ0n) is 17.8. The number of likely N-dealkylation sites (N-methyl/N-ethyl adjacent to an activating group) is 1. The first-order valence-electron chi connectivity index (χ1n) is 10.9. The predicted molar refractivity (Wildman–Crippen MR) is 121 cm³/mol. The third kappa shape index (κ3) is 4.90. The summed E-state index contributed by atoms with van der Waals surface area (Å²) in [5.74, 6) is 0.460. The van der Waals surface area contributed by atoms with E-state index in [0.29, 0.717) is 6.42 Å². The van der Waals surface area contributed by atoms with Crippen molar-refractivity contribution in [2.45, 2.75) is 39.0 Å². The second-order valence-corrected chi connectivity index (χ2v) is 9.27. The fourth-order valence-corrected chi connectivity index (χ4v) is 4.94. The van der Waals surface area contributed by atoms with Crippen molar-refractivity contribution in [3.05, 3.63) is 41.0 Å². The van der Waals surface area contributed by atoms with Gasteiger partial charge in [0.15, 0.2) is 16.5 Å². The normalized spacial score (nSPS) is 16.3. The molecule has 2 aromatic heterocycles. The standard InChI is InChI=1S/C23H30N4O2S/c1-3-4-7-17(14-19-18-8-5-6-9-21(18)29-25-19)15-20(28)22-16-24-23(30-22)27-12-10-26(2)11-13-27/h5-6,8-9,16-17H,3-4,7,10-15H2,1-2H3. The molecule has 1 aliphatic rings. The molecule has 0 N–H and O–H groups in total. The minimum Gasteiger partial charge on any atom is -0.356 e. The number of hydrogen-bond donors (Lipinski definition) is 0. The van der Waals surface area contributed by atoms with E-state index in [1.165, 1.54) is 11.3 Å². The van der Waals surface area contributed by atoms with Crippen molar-refractivity contribution in [1.82, 2.24) is 15.0 Å². The van der Waals surface area contributed by atoms with Gasteiger partial charge < -0.3 is 14.3 Å². The SMILES string of the molecule is CCCCC(CC(=O)c1cnc(N2CCN(C)CC2)s1)Cc1noc2ccccc12. The summed E-state index contributed by atoms with van der Waals surface area (Å²) in [6, 6.07) is 7.95. The Morgan fingerprint density at radius 3 is 2.83 bits per heavy atom. The fourth-order valence-electron chi connectivity index (χ4n) is 4.03. The lowest BCUT2D eigenvalue weighted by Crippen LogP contribution is -2.44.